The number of benzene rings is 1. The molecule has 2 aromatic rings. The zero-order valence-corrected chi connectivity index (χ0v) is 19.2. The summed E-state index contributed by atoms with van der Waals surface area (Å²) in [5.41, 5.74) is 11.6. The van der Waals surface area contributed by atoms with Gasteiger partial charge in [0.15, 0.2) is 11.6 Å². The van der Waals surface area contributed by atoms with Gasteiger partial charge in [0.1, 0.15) is 5.69 Å². The summed E-state index contributed by atoms with van der Waals surface area (Å²) in [7, 11) is 0. The Bertz CT molecular complexity index is 933. The second kappa shape index (κ2) is 8.57. The van der Waals surface area contributed by atoms with Crippen LogP contribution in [0.1, 0.15) is 40.5 Å². The van der Waals surface area contributed by atoms with E-state index in [4.69, 9.17) is 27.3 Å². The molecule has 4 rings (SSSR count). The molecule has 168 valence electrons. The monoisotopic (exact) mass is 446 g/mol. The zero-order valence-electron chi connectivity index (χ0n) is 18.4. The molecule has 1 saturated heterocycles. The molecule has 9 nitrogen and oxygen atoms in total. The highest BCUT2D eigenvalue weighted by molar-refractivity contribution is 6.31. The van der Waals surface area contributed by atoms with Gasteiger partial charge in [-0.3, -0.25) is 10.0 Å². The molecule has 0 unspecified atom stereocenters. The SMILES string of the molecule is CC(C)N1NN(C(C)C)c2c(Nc3cc(N)cc(Cl)c3)nc(N3CCC[C@@H]3CO)nc21. The lowest BCUT2D eigenvalue weighted by atomic mass is 10.2. The molecule has 2 aliphatic heterocycles. The van der Waals surface area contributed by atoms with Crippen molar-refractivity contribution in [2.24, 2.45) is 0 Å². The number of hydrogen-bond acceptors (Lipinski definition) is 9. The van der Waals surface area contributed by atoms with Crippen molar-refractivity contribution in [1.82, 2.24) is 15.5 Å². The van der Waals surface area contributed by atoms with Crippen molar-refractivity contribution in [3.05, 3.63) is 23.2 Å². The number of aliphatic hydroxyl groups excluding tert-OH is 1. The van der Waals surface area contributed by atoms with Gasteiger partial charge in [0.05, 0.1) is 12.6 Å². The van der Waals surface area contributed by atoms with E-state index in [0.717, 1.165) is 36.6 Å². The summed E-state index contributed by atoms with van der Waals surface area (Å²) in [6, 6.07) is 5.72. The maximum atomic E-state index is 9.84. The molecule has 0 saturated carbocycles. The van der Waals surface area contributed by atoms with Gasteiger partial charge in [-0.25, -0.2) is 0 Å². The molecule has 5 N–H and O–H groups in total. The van der Waals surface area contributed by atoms with Crippen LogP contribution >= 0.6 is 11.6 Å². The molecule has 2 aliphatic rings. The largest absolute Gasteiger partial charge is 0.399 e. The van der Waals surface area contributed by atoms with Crippen LogP contribution in [0, 0.1) is 0 Å². The van der Waals surface area contributed by atoms with Crippen LogP contribution in [0.4, 0.5) is 34.6 Å². The molecule has 1 fully saturated rings. The molecule has 1 atom stereocenters. The fourth-order valence-electron chi connectivity index (χ4n) is 4.09. The molecule has 0 amide bonds. The first kappa shape index (κ1) is 21.7. The van der Waals surface area contributed by atoms with E-state index in [9.17, 15) is 5.11 Å². The third-order valence-electron chi connectivity index (χ3n) is 5.60. The molecule has 0 aliphatic carbocycles. The van der Waals surface area contributed by atoms with Crippen molar-refractivity contribution in [1.29, 1.82) is 0 Å². The van der Waals surface area contributed by atoms with Gasteiger partial charge in [0.25, 0.3) is 0 Å². The number of hydrazine groups is 2. The molecule has 3 heterocycles. The number of fused-ring (bicyclic) bond motifs is 1. The summed E-state index contributed by atoms with van der Waals surface area (Å²) in [5.74, 6) is 2.07. The number of halogens is 1. The predicted molar refractivity (Wildman–Crippen MR) is 127 cm³/mol. The first-order chi connectivity index (χ1) is 14.8. The number of nitrogens with two attached hydrogens (primary N) is 1. The van der Waals surface area contributed by atoms with Crippen molar-refractivity contribution in [2.75, 3.05) is 39.1 Å². The Morgan fingerprint density at radius 3 is 2.58 bits per heavy atom. The van der Waals surface area contributed by atoms with Gasteiger partial charge in [0.2, 0.25) is 5.95 Å². The average Bonchev–Trinajstić information content (AvgIpc) is 3.31. The molecule has 1 aromatic carbocycles. The highest BCUT2D eigenvalue weighted by Crippen LogP contribution is 2.42. The number of nitrogen functional groups attached to an aromatic ring is 1. The van der Waals surface area contributed by atoms with E-state index < -0.39 is 0 Å². The first-order valence-electron chi connectivity index (χ1n) is 10.8. The van der Waals surface area contributed by atoms with E-state index in [0.29, 0.717) is 22.5 Å². The Morgan fingerprint density at radius 2 is 1.94 bits per heavy atom. The van der Waals surface area contributed by atoms with Crippen molar-refractivity contribution in [3.63, 3.8) is 0 Å². The van der Waals surface area contributed by atoms with Crippen LogP contribution < -0.4 is 31.5 Å². The minimum Gasteiger partial charge on any atom is -0.399 e. The standard InChI is InChI=1S/C21H31ClN8O/c1-12(2)29-18-19(24-16-9-14(22)8-15(23)10-16)25-21(28-7-5-6-17(28)11-31)26-20(18)30(27-29)13(3)4/h8-10,12-13,17,27,31H,5-7,11,23H2,1-4H3,(H,24,25,26)/t17-/m1/s1. The van der Waals surface area contributed by atoms with Gasteiger partial charge in [0, 0.05) is 35.0 Å². The summed E-state index contributed by atoms with van der Waals surface area (Å²) in [4.78, 5) is 11.9. The van der Waals surface area contributed by atoms with Crippen LogP contribution in [-0.2, 0) is 0 Å². The van der Waals surface area contributed by atoms with Gasteiger partial charge in [-0.1, -0.05) is 11.6 Å². The number of rotatable bonds is 6. The van der Waals surface area contributed by atoms with Crippen LogP contribution in [0.3, 0.4) is 0 Å². The molecule has 0 spiro atoms. The topological polar surface area (TPSA) is 106 Å². The summed E-state index contributed by atoms with van der Waals surface area (Å²) in [6.07, 6.45) is 1.93. The van der Waals surface area contributed by atoms with Crippen molar-refractivity contribution in [3.8, 4) is 0 Å². The molecule has 1 aromatic heterocycles. The smallest absolute Gasteiger partial charge is 0.229 e. The quantitative estimate of drug-likeness (QED) is 0.497. The Balaban J connectivity index is 1.85. The van der Waals surface area contributed by atoms with Crippen LogP contribution in [0.15, 0.2) is 18.2 Å². The number of anilines is 6. The van der Waals surface area contributed by atoms with Crippen LogP contribution in [-0.4, -0.2) is 46.4 Å². The molecule has 0 radical (unpaired) electrons. The van der Waals surface area contributed by atoms with E-state index in [1.54, 1.807) is 6.07 Å². The molecule has 0 bridgehead atoms. The van der Waals surface area contributed by atoms with Crippen molar-refractivity contribution < 1.29 is 5.11 Å². The summed E-state index contributed by atoms with van der Waals surface area (Å²) < 4.78 is 0. The second-order valence-electron chi connectivity index (χ2n) is 8.64. The summed E-state index contributed by atoms with van der Waals surface area (Å²) in [5, 5.41) is 17.9. The highest BCUT2D eigenvalue weighted by atomic mass is 35.5. The average molecular weight is 447 g/mol. The third kappa shape index (κ3) is 4.17. The van der Waals surface area contributed by atoms with Gasteiger partial charge in [-0.2, -0.15) is 9.97 Å². The van der Waals surface area contributed by atoms with E-state index in [2.05, 4.69) is 48.5 Å². The van der Waals surface area contributed by atoms with E-state index >= 15 is 0 Å². The number of nitrogens with one attached hydrogen (secondary N) is 2. The van der Waals surface area contributed by atoms with Crippen molar-refractivity contribution >= 4 is 46.2 Å². The first-order valence-corrected chi connectivity index (χ1v) is 11.1. The Labute approximate surface area is 188 Å². The minimum absolute atomic E-state index is 0.0239. The van der Waals surface area contributed by atoms with Gasteiger partial charge in [-0.05, 0) is 58.7 Å². The fourth-order valence-corrected chi connectivity index (χ4v) is 4.34. The van der Waals surface area contributed by atoms with E-state index in [-0.39, 0.29) is 24.7 Å². The van der Waals surface area contributed by atoms with Crippen LogP contribution in [0.5, 0.6) is 0 Å². The fraction of sp³-hybridized carbons (Fsp3) is 0.524. The number of aromatic nitrogens is 2. The minimum atomic E-state index is 0.0239. The van der Waals surface area contributed by atoms with Crippen molar-refractivity contribution in [2.45, 2.75) is 58.7 Å². The lowest BCUT2D eigenvalue weighted by molar-refractivity contribution is 0.265. The molecular formula is C21H31ClN8O. The number of aliphatic hydroxyl groups is 1. The van der Waals surface area contributed by atoms with Gasteiger partial charge < -0.3 is 21.1 Å². The lowest BCUT2D eigenvalue weighted by Crippen LogP contribution is -2.50. The summed E-state index contributed by atoms with van der Waals surface area (Å²) in [6.45, 7) is 9.34. The maximum Gasteiger partial charge on any atom is 0.229 e. The zero-order chi connectivity index (χ0) is 22.3. The number of hydrogen-bond donors (Lipinski definition) is 4. The third-order valence-corrected chi connectivity index (χ3v) is 5.82. The van der Waals surface area contributed by atoms with E-state index in [1.165, 1.54) is 0 Å². The highest BCUT2D eigenvalue weighted by Gasteiger charge is 2.36. The van der Waals surface area contributed by atoms with Gasteiger partial charge in [-0.15, -0.1) is 5.53 Å². The molecule has 10 heteroatoms. The lowest BCUT2D eigenvalue weighted by Gasteiger charge is -2.27. The van der Waals surface area contributed by atoms with E-state index in [1.807, 2.05) is 17.1 Å². The maximum absolute atomic E-state index is 9.84. The number of nitrogens with zero attached hydrogens (tertiary/aromatic N) is 5. The molecule has 31 heavy (non-hydrogen) atoms. The summed E-state index contributed by atoms with van der Waals surface area (Å²) >= 11 is 6.23. The predicted octanol–water partition coefficient (Wildman–Crippen LogP) is 3.28. The normalized spacial score (nSPS) is 18.5. The van der Waals surface area contributed by atoms with Gasteiger partial charge >= 0.3 is 0 Å². The Hall–Kier alpha value is -2.49. The van der Waals surface area contributed by atoms with Crippen LogP contribution in [0.2, 0.25) is 5.02 Å². The Morgan fingerprint density at radius 1 is 1.19 bits per heavy atom. The second-order valence-corrected chi connectivity index (χ2v) is 9.08. The Kier molecular flexibility index (Phi) is 6.00. The molecular weight excluding hydrogens is 416 g/mol. The van der Waals surface area contributed by atoms with Crippen LogP contribution in [0.25, 0.3) is 0 Å².